The molecule has 0 bridgehead atoms. The minimum absolute atomic E-state index is 0.616. The van der Waals surface area contributed by atoms with Crippen LogP contribution in [0.3, 0.4) is 0 Å². The Morgan fingerprint density at radius 2 is 1.46 bits per heavy atom. The first kappa shape index (κ1) is 16.8. The predicted molar refractivity (Wildman–Crippen MR) is 92.6 cm³/mol. The Morgan fingerprint density at radius 1 is 0.875 bits per heavy atom. The Labute approximate surface area is 144 Å². The molecule has 0 fully saturated rings. The van der Waals surface area contributed by atoms with Gasteiger partial charge < -0.3 is 0 Å². The standard InChI is InChI=1S/C20H16ClF3/c1-13-5-7-14(8-6-13)17-3-2-4-18(19(17)21)15-9-11-16(12-10-15)20(22,23)24/h3,5-12H,2,4H2,1H3. The molecule has 0 atom stereocenters. The summed E-state index contributed by atoms with van der Waals surface area (Å²) in [5.41, 5.74) is 4.12. The molecule has 24 heavy (non-hydrogen) atoms. The summed E-state index contributed by atoms with van der Waals surface area (Å²) in [5.74, 6) is 0. The van der Waals surface area contributed by atoms with Crippen LogP contribution in [0.2, 0.25) is 0 Å². The summed E-state index contributed by atoms with van der Waals surface area (Å²) in [5, 5.41) is 0.616. The molecule has 0 spiro atoms. The molecule has 0 N–H and O–H groups in total. The SMILES string of the molecule is Cc1ccc(C2=CCCC(c3ccc(C(F)(F)F)cc3)=C2Cl)cc1. The molecule has 0 heterocycles. The lowest BCUT2D eigenvalue weighted by molar-refractivity contribution is -0.137. The smallest absolute Gasteiger partial charge is 0.166 e. The first-order valence-electron chi connectivity index (χ1n) is 7.70. The lowest BCUT2D eigenvalue weighted by atomic mass is 9.90. The van der Waals surface area contributed by atoms with E-state index in [9.17, 15) is 13.2 Å². The number of hydrogen-bond donors (Lipinski definition) is 0. The van der Waals surface area contributed by atoms with E-state index in [0.717, 1.165) is 47.2 Å². The van der Waals surface area contributed by atoms with Crippen molar-refractivity contribution >= 4 is 22.7 Å². The lowest BCUT2D eigenvalue weighted by Crippen LogP contribution is -2.05. The van der Waals surface area contributed by atoms with Gasteiger partial charge in [-0.25, -0.2) is 0 Å². The monoisotopic (exact) mass is 348 g/mol. The summed E-state index contributed by atoms with van der Waals surface area (Å²) < 4.78 is 38.1. The van der Waals surface area contributed by atoms with Crippen molar-refractivity contribution in [2.75, 3.05) is 0 Å². The fourth-order valence-corrected chi connectivity index (χ4v) is 3.22. The molecule has 1 aliphatic carbocycles. The number of halogens is 4. The molecule has 0 aromatic heterocycles. The zero-order valence-electron chi connectivity index (χ0n) is 13.1. The van der Waals surface area contributed by atoms with Gasteiger partial charge >= 0.3 is 6.18 Å². The molecule has 124 valence electrons. The van der Waals surface area contributed by atoms with Crippen molar-refractivity contribution in [3.63, 3.8) is 0 Å². The largest absolute Gasteiger partial charge is 0.416 e. The van der Waals surface area contributed by atoms with Crippen molar-refractivity contribution in [3.8, 4) is 0 Å². The number of rotatable bonds is 2. The Kier molecular flexibility index (Phi) is 4.55. The van der Waals surface area contributed by atoms with Crippen molar-refractivity contribution in [3.05, 3.63) is 81.9 Å². The fraction of sp³-hybridized carbons (Fsp3) is 0.200. The summed E-state index contributed by atoms with van der Waals surface area (Å²) in [6.07, 6.45) is -0.702. The zero-order chi connectivity index (χ0) is 17.3. The van der Waals surface area contributed by atoms with E-state index in [4.69, 9.17) is 11.6 Å². The van der Waals surface area contributed by atoms with Gasteiger partial charge in [-0.05, 0) is 54.2 Å². The van der Waals surface area contributed by atoms with E-state index < -0.39 is 11.7 Å². The summed E-state index contributed by atoms with van der Waals surface area (Å²) in [4.78, 5) is 0. The molecular weight excluding hydrogens is 333 g/mol. The van der Waals surface area contributed by atoms with Crippen molar-refractivity contribution in [2.24, 2.45) is 0 Å². The number of benzene rings is 2. The van der Waals surface area contributed by atoms with Crippen LogP contribution in [0.25, 0.3) is 11.1 Å². The summed E-state index contributed by atoms with van der Waals surface area (Å²) in [6, 6.07) is 13.3. The van der Waals surface area contributed by atoms with Gasteiger partial charge in [0.25, 0.3) is 0 Å². The molecule has 0 radical (unpaired) electrons. The third kappa shape index (κ3) is 3.41. The van der Waals surface area contributed by atoms with Gasteiger partial charge in [-0.1, -0.05) is 59.6 Å². The molecule has 0 nitrogen and oxygen atoms in total. The molecule has 0 aliphatic heterocycles. The molecule has 3 rings (SSSR count). The topological polar surface area (TPSA) is 0 Å². The van der Waals surface area contributed by atoms with Gasteiger partial charge in [0.05, 0.1) is 10.6 Å². The van der Waals surface area contributed by atoms with E-state index >= 15 is 0 Å². The van der Waals surface area contributed by atoms with E-state index in [1.165, 1.54) is 17.7 Å². The minimum Gasteiger partial charge on any atom is -0.166 e. The van der Waals surface area contributed by atoms with Crippen LogP contribution in [0.5, 0.6) is 0 Å². The van der Waals surface area contributed by atoms with Gasteiger partial charge in [0.1, 0.15) is 0 Å². The average molecular weight is 349 g/mol. The van der Waals surface area contributed by atoms with Crippen LogP contribution in [-0.4, -0.2) is 0 Å². The Balaban J connectivity index is 1.97. The Morgan fingerprint density at radius 3 is 2.04 bits per heavy atom. The van der Waals surface area contributed by atoms with E-state index in [2.05, 4.69) is 6.08 Å². The number of hydrogen-bond acceptors (Lipinski definition) is 0. The molecule has 0 saturated heterocycles. The van der Waals surface area contributed by atoms with Gasteiger partial charge in [-0.3, -0.25) is 0 Å². The summed E-state index contributed by atoms with van der Waals surface area (Å²) >= 11 is 6.58. The molecular formula is C20H16ClF3. The van der Waals surface area contributed by atoms with Crippen molar-refractivity contribution in [1.29, 1.82) is 0 Å². The highest BCUT2D eigenvalue weighted by Gasteiger charge is 2.30. The van der Waals surface area contributed by atoms with Gasteiger partial charge in [-0.15, -0.1) is 0 Å². The lowest BCUT2D eigenvalue weighted by Gasteiger charge is -2.19. The quantitative estimate of drug-likeness (QED) is 0.557. The predicted octanol–water partition coefficient (Wildman–Crippen LogP) is 6.84. The van der Waals surface area contributed by atoms with Gasteiger partial charge in [0, 0.05) is 0 Å². The number of allylic oxidation sites excluding steroid dienone is 4. The first-order valence-corrected chi connectivity index (χ1v) is 8.08. The zero-order valence-corrected chi connectivity index (χ0v) is 13.9. The van der Waals surface area contributed by atoms with Crippen molar-refractivity contribution in [1.82, 2.24) is 0 Å². The minimum atomic E-state index is -4.32. The summed E-state index contributed by atoms with van der Waals surface area (Å²) in [6.45, 7) is 2.02. The van der Waals surface area contributed by atoms with Crippen LogP contribution in [0.15, 0.2) is 59.6 Å². The maximum Gasteiger partial charge on any atom is 0.416 e. The van der Waals surface area contributed by atoms with E-state index in [0.29, 0.717) is 5.03 Å². The molecule has 2 aromatic carbocycles. The van der Waals surface area contributed by atoms with Gasteiger partial charge in [-0.2, -0.15) is 13.2 Å². The molecule has 2 aromatic rings. The summed E-state index contributed by atoms with van der Waals surface area (Å²) in [7, 11) is 0. The highest BCUT2D eigenvalue weighted by molar-refractivity contribution is 6.40. The molecule has 4 heteroatoms. The second-order valence-electron chi connectivity index (χ2n) is 5.89. The molecule has 0 amide bonds. The normalized spacial score (nSPS) is 15.5. The van der Waals surface area contributed by atoms with Gasteiger partial charge in [0.2, 0.25) is 0 Å². The molecule has 1 aliphatic rings. The van der Waals surface area contributed by atoms with Crippen LogP contribution >= 0.6 is 11.6 Å². The van der Waals surface area contributed by atoms with Crippen LogP contribution in [0, 0.1) is 6.92 Å². The third-order valence-corrected chi connectivity index (χ3v) is 4.60. The first-order chi connectivity index (χ1) is 11.4. The second-order valence-corrected chi connectivity index (χ2v) is 6.27. The van der Waals surface area contributed by atoms with Crippen LogP contribution < -0.4 is 0 Å². The highest BCUT2D eigenvalue weighted by Crippen LogP contribution is 2.40. The van der Waals surface area contributed by atoms with Crippen LogP contribution in [0.1, 0.15) is 35.1 Å². The third-order valence-electron chi connectivity index (χ3n) is 4.17. The maximum atomic E-state index is 12.7. The van der Waals surface area contributed by atoms with Crippen LogP contribution in [-0.2, 0) is 6.18 Å². The number of alkyl halides is 3. The van der Waals surface area contributed by atoms with Crippen LogP contribution in [0.4, 0.5) is 13.2 Å². The maximum absolute atomic E-state index is 12.7. The second kappa shape index (κ2) is 6.48. The Bertz CT molecular complexity index is 794. The Hall–Kier alpha value is -2.00. The van der Waals surface area contributed by atoms with Crippen molar-refractivity contribution < 1.29 is 13.2 Å². The van der Waals surface area contributed by atoms with E-state index in [-0.39, 0.29) is 0 Å². The van der Waals surface area contributed by atoms with E-state index in [1.807, 2.05) is 31.2 Å². The fourth-order valence-electron chi connectivity index (χ4n) is 2.83. The highest BCUT2D eigenvalue weighted by atomic mass is 35.5. The van der Waals surface area contributed by atoms with Crippen molar-refractivity contribution in [2.45, 2.75) is 25.9 Å². The molecule has 0 saturated carbocycles. The number of aryl methyl sites for hydroxylation is 1. The molecule has 0 unspecified atom stereocenters. The van der Waals surface area contributed by atoms with E-state index in [1.54, 1.807) is 0 Å². The van der Waals surface area contributed by atoms with Gasteiger partial charge in [0.15, 0.2) is 0 Å². The average Bonchev–Trinajstić information content (AvgIpc) is 2.55.